The van der Waals surface area contributed by atoms with Crippen LogP contribution in [0.5, 0.6) is 0 Å². The molecular formula is C19H26N4OS. The van der Waals surface area contributed by atoms with Crippen LogP contribution in [0.1, 0.15) is 44.6 Å². The molecular weight excluding hydrogens is 332 g/mol. The fourth-order valence-corrected chi connectivity index (χ4v) is 4.06. The molecule has 2 aromatic rings. The molecule has 0 saturated heterocycles. The van der Waals surface area contributed by atoms with Gasteiger partial charge in [0, 0.05) is 18.2 Å². The van der Waals surface area contributed by atoms with E-state index in [0.29, 0.717) is 11.8 Å². The summed E-state index contributed by atoms with van der Waals surface area (Å²) in [7, 11) is 0. The predicted molar refractivity (Wildman–Crippen MR) is 102 cm³/mol. The van der Waals surface area contributed by atoms with E-state index in [1.54, 1.807) is 0 Å². The van der Waals surface area contributed by atoms with Crippen LogP contribution in [0.15, 0.2) is 29.4 Å². The second-order valence-corrected chi connectivity index (χ2v) is 7.61. The number of rotatable bonds is 7. The van der Waals surface area contributed by atoms with E-state index in [-0.39, 0.29) is 5.91 Å². The molecule has 1 aliphatic carbocycles. The quantitative estimate of drug-likeness (QED) is 0.765. The Morgan fingerprint density at radius 3 is 2.84 bits per heavy atom. The molecule has 0 atom stereocenters. The van der Waals surface area contributed by atoms with E-state index >= 15 is 0 Å². The van der Waals surface area contributed by atoms with Crippen molar-refractivity contribution in [2.75, 3.05) is 5.75 Å². The zero-order valence-corrected chi connectivity index (χ0v) is 15.8. The number of benzene rings is 1. The van der Waals surface area contributed by atoms with Crippen molar-refractivity contribution in [2.45, 2.75) is 63.7 Å². The number of hydrogen-bond acceptors (Lipinski definition) is 4. The predicted octanol–water partition coefficient (Wildman–Crippen LogP) is 3.81. The van der Waals surface area contributed by atoms with Crippen LogP contribution in [0.25, 0.3) is 11.4 Å². The minimum atomic E-state index is 0.0973. The number of nitrogens with zero attached hydrogens (tertiary/aromatic N) is 3. The standard InChI is InChI=1S/C19H26N4OS/c1-3-11-23-18(15-8-6-7-14(2)12-15)21-22-19(23)25-13-17(24)20-16-9-4-5-10-16/h6-8,12,16H,3-5,9-11,13H2,1-2H3,(H,20,24). The molecule has 0 bridgehead atoms. The molecule has 1 N–H and O–H groups in total. The average Bonchev–Trinajstić information content (AvgIpc) is 3.23. The molecule has 1 aromatic heterocycles. The molecule has 0 aliphatic heterocycles. The zero-order chi connectivity index (χ0) is 17.6. The highest BCUT2D eigenvalue weighted by Crippen LogP contribution is 2.25. The first-order valence-electron chi connectivity index (χ1n) is 9.09. The molecule has 0 radical (unpaired) electrons. The molecule has 1 amide bonds. The van der Waals surface area contributed by atoms with E-state index in [9.17, 15) is 4.79 Å². The fraction of sp³-hybridized carbons (Fsp3) is 0.526. The lowest BCUT2D eigenvalue weighted by molar-refractivity contribution is -0.119. The molecule has 5 nitrogen and oxygen atoms in total. The van der Waals surface area contributed by atoms with Crippen molar-refractivity contribution in [2.24, 2.45) is 0 Å². The number of aryl methyl sites for hydroxylation is 1. The van der Waals surface area contributed by atoms with Crippen molar-refractivity contribution in [3.63, 3.8) is 0 Å². The molecule has 25 heavy (non-hydrogen) atoms. The van der Waals surface area contributed by atoms with Gasteiger partial charge in [-0.05, 0) is 32.3 Å². The van der Waals surface area contributed by atoms with E-state index in [1.165, 1.54) is 30.2 Å². The average molecular weight is 359 g/mol. The van der Waals surface area contributed by atoms with Crippen molar-refractivity contribution >= 4 is 17.7 Å². The summed E-state index contributed by atoms with van der Waals surface area (Å²) >= 11 is 1.48. The van der Waals surface area contributed by atoms with Crippen LogP contribution in [-0.4, -0.2) is 32.5 Å². The lowest BCUT2D eigenvalue weighted by Crippen LogP contribution is -2.33. The second-order valence-electron chi connectivity index (χ2n) is 6.66. The first-order valence-corrected chi connectivity index (χ1v) is 10.1. The van der Waals surface area contributed by atoms with Gasteiger partial charge in [-0.15, -0.1) is 10.2 Å². The second kappa shape index (κ2) is 8.52. The summed E-state index contributed by atoms with van der Waals surface area (Å²) in [6.45, 7) is 5.07. The van der Waals surface area contributed by atoms with Gasteiger partial charge in [0.15, 0.2) is 11.0 Å². The smallest absolute Gasteiger partial charge is 0.230 e. The van der Waals surface area contributed by atoms with Gasteiger partial charge in [0.05, 0.1) is 5.75 Å². The number of hydrogen-bond donors (Lipinski definition) is 1. The minimum Gasteiger partial charge on any atom is -0.353 e. The molecule has 1 aliphatic rings. The van der Waals surface area contributed by atoms with Gasteiger partial charge in [0.2, 0.25) is 5.91 Å². The van der Waals surface area contributed by atoms with Crippen molar-refractivity contribution in [3.05, 3.63) is 29.8 Å². The van der Waals surface area contributed by atoms with Gasteiger partial charge in [-0.1, -0.05) is 55.3 Å². The molecule has 134 valence electrons. The maximum Gasteiger partial charge on any atom is 0.230 e. The highest BCUT2D eigenvalue weighted by Gasteiger charge is 2.19. The van der Waals surface area contributed by atoms with Crippen LogP contribution < -0.4 is 5.32 Å². The van der Waals surface area contributed by atoms with E-state index < -0.39 is 0 Å². The van der Waals surface area contributed by atoms with E-state index in [1.807, 2.05) is 6.07 Å². The van der Waals surface area contributed by atoms with Crippen LogP contribution in [0.4, 0.5) is 0 Å². The monoisotopic (exact) mass is 358 g/mol. The van der Waals surface area contributed by atoms with Crippen LogP contribution in [0, 0.1) is 6.92 Å². The first-order chi connectivity index (χ1) is 12.2. The van der Waals surface area contributed by atoms with E-state index in [2.05, 4.69) is 52.1 Å². The fourth-order valence-electron chi connectivity index (χ4n) is 3.29. The number of carbonyl (C=O) groups is 1. The van der Waals surface area contributed by atoms with Gasteiger partial charge >= 0.3 is 0 Å². The first kappa shape index (κ1) is 18.0. The number of amides is 1. The maximum absolute atomic E-state index is 12.2. The van der Waals surface area contributed by atoms with Crippen molar-refractivity contribution in [1.29, 1.82) is 0 Å². The SMILES string of the molecule is CCCn1c(SCC(=O)NC2CCCC2)nnc1-c1cccc(C)c1. The summed E-state index contributed by atoms with van der Waals surface area (Å²) in [6.07, 6.45) is 5.67. The molecule has 3 rings (SSSR count). The molecule has 1 aromatic carbocycles. The zero-order valence-electron chi connectivity index (χ0n) is 15.0. The number of aromatic nitrogens is 3. The Kier molecular flexibility index (Phi) is 6.13. The van der Waals surface area contributed by atoms with Crippen molar-refractivity contribution in [1.82, 2.24) is 20.1 Å². The van der Waals surface area contributed by atoms with Crippen LogP contribution in [-0.2, 0) is 11.3 Å². The highest BCUT2D eigenvalue weighted by atomic mass is 32.2. The summed E-state index contributed by atoms with van der Waals surface area (Å²) in [5.74, 6) is 1.37. The van der Waals surface area contributed by atoms with Gasteiger partial charge in [-0.2, -0.15) is 0 Å². The largest absolute Gasteiger partial charge is 0.353 e. The summed E-state index contributed by atoms with van der Waals surface area (Å²) in [4.78, 5) is 12.2. The number of nitrogens with one attached hydrogen (secondary N) is 1. The Labute approximate surface area is 153 Å². The third-order valence-corrected chi connectivity index (χ3v) is 5.46. The van der Waals surface area contributed by atoms with Crippen molar-refractivity contribution < 1.29 is 4.79 Å². The number of carbonyl (C=O) groups excluding carboxylic acids is 1. The van der Waals surface area contributed by atoms with Crippen LogP contribution in [0.2, 0.25) is 0 Å². The maximum atomic E-state index is 12.2. The molecule has 6 heteroatoms. The van der Waals surface area contributed by atoms with Gasteiger partial charge in [-0.25, -0.2) is 0 Å². The Morgan fingerprint density at radius 2 is 2.12 bits per heavy atom. The van der Waals surface area contributed by atoms with Crippen molar-refractivity contribution in [3.8, 4) is 11.4 Å². The molecule has 1 fully saturated rings. The third kappa shape index (κ3) is 4.63. The normalized spacial score (nSPS) is 14.8. The summed E-state index contributed by atoms with van der Waals surface area (Å²) < 4.78 is 2.13. The van der Waals surface area contributed by atoms with Crippen LogP contribution >= 0.6 is 11.8 Å². The van der Waals surface area contributed by atoms with Crippen LogP contribution in [0.3, 0.4) is 0 Å². The Hall–Kier alpha value is -1.82. The lowest BCUT2D eigenvalue weighted by atomic mass is 10.1. The van der Waals surface area contributed by atoms with Gasteiger partial charge in [-0.3, -0.25) is 4.79 Å². The van der Waals surface area contributed by atoms with E-state index in [4.69, 9.17) is 0 Å². The third-order valence-electron chi connectivity index (χ3n) is 4.49. The van der Waals surface area contributed by atoms with Gasteiger partial charge < -0.3 is 9.88 Å². The summed E-state index contributed by atoms with van der Waals surface area (Å²) in [6, 6.07) is 8.66. The Morgan fingerprint density at radius 1 is 1.32 bits per heavy atom. The Balaban J connectivity index is 1.69. The Bertz CT molecular complexity index is 722. The lowest BCUT2D eigenvalue weighted by Gasteiger charge is -2.12. The number of thioether (sulfide) groups is 1. The molecule has 0 unspecified atom stereocenters. The summed E-state index contributed by atoms with van der Waals surface area (Å²) in [5.41, 5.74) is 2.27. The topological polar surface area (TPSA) is 59.8 Å². The molecule has 0 spiro atoms. The summed E-state index contributed by atoms with van der Waals surface area (Å²) in [5, 5.41) is 12.7. The minimum absolute atomic E-state index is 0.0973. The van der Waals surface area contributed by atoms with Gasteiger partial charge in [0.1, 0.15) is 0 Å². The molecule has 1 heterocycles. The van der Waals surface area contributed by atoms with E-state index in [0.717, 1.165) is 42.4 Å². The van der Waals surface area contributed by atoms with Gasteiger partial charge in [0.25, 0.3) is 0 Å². The highest BCUT2D eigenvalue weighted by molar-refractivity contribution is 7.99. The molecule has 1 saturated carbocycles.